The van der Waals surface area contributed by atoms with Gasteiger partial charge < -0.3 is 0 Å². The van der Waals surface area contributed by atoms with Gasteiger partial charge in [0.15, 0.2) is 0 Å². The highest BCUT2D eigenvalue weighted by atomic mass is 127. The van der Waals surface area contributed by atoms with E-state index in [0.717, 1.165) is 8.86 Å². The van der Waals surface area contributed by atoms with Gasteiger partial charge >= 0.3 is 0 Å². The van der Waals surface area contributed by atoms with Crippen LogP contribution in [0.3, 0.4) is 0 Å². The monoisotopic (exact) mass is 558 g/mol. The van der Waals surface area contributed by atoms with Gasteiger partial charge in [-0.3, -0.25) is 0 Å². The summed E-state index contributed by atoms with van der Waals surface area (Å²) in [5.74, 6) is 1.27. The zero-order chi connectivity index (χ0) is 18.2. The molecule has 0 heterocycles. The highest BCUT2D eigenvalue weighted by molar-refractivity contribution is 14.1. The molecule has 0 saturated carbocycles. The summed E-state index contributed by atoms with van der Waals surface area (Å²) in [6.45, 7) is 9.66. The van der Waals surface area contributed by atoms with Crippen molar-refractivity contribution in [1.82, 2.24) is 0 Å². The summed E-state index contributed by atoms with van der Waals surface area (Å²) < 4.78 is 2.16. The molecule has 2 aromatic carbocycles. The second kappa shape index (κ2) is 7.87. The van der Waals surface area contributed by atoms with Crippen LogP contribution in [-0.2, 0) is 14.3 Å². The van der Waals surface area contributed by atoms with Crippen molar-refractivity contribution in [3.8, 4) is 11.1 Å². The van der Waals surface area contributed by atoms with Gasteiger partial charge in [-0.05, 0) is 45.2 Å². The van der Waals surface area contributed by atoms with E-state index in [4.69, 9.17) is 0 Å². The predicted molar refractivity (Wildman–Crippen MR) is 127 cm³/mol. The van der Waals surface area contributed by atoms with Crippen LogP contribution in [0.1, 0.15) is 62.8 Å². The summed E-state index contributed by atoms with van der Waals surface area (Å²) >= 11 is 4.99. The third-order valence-corrected chi connectivity index (χ3v) is 8.20. The molecule has 1 aliphatic carbocycles. The molecule has 2 heteroatoms. The summed E-state index contributed by atoms with van der Waals surface area (Å²) in [6, 6.07) is 14.5. The van der Waals surface area contributed by atoms with Crippen LogP contribution in [0.15, 0.2) is 36.4 Å². The van der Waals surface area contributed by atoms with E-state index in [0.29, 0.717) is 11.8 Å². The molecule has 0 fully saturated rings. The molecule has 2 atom stereocenters. The van der Waals surface area contributed by atoms with E-state index in [-0.39, 0.29) is 5.41 Å². The molecule has 0 nitrogen and oxygen atoms in total. The van der Waals surface area contributed by atoms with Crippen molar-refractivity contribution >= 4 is 45.2 Å². The molecular formula is C23H28I2. The van der Waals surface area contributed by atoms with Gasteiger partial charge in [-0.1, -0.05) is 122 Å². The van der Waals surface area contributed by atoms with E-state index in [9.17, 15) is 0 Å². The maximum Gasteiger partial charge on any atom is 0.0266 e. The van der Waals surface area contributed by atoms with Crippen molar-refractivity contribution in [2.45, 2.75) is 54.8 Å². The van der Waals surface area contributed by atoms with Gasteiger partial charge in [-0.25, -0.2) is 0 Å². The molecule has 2 aromatic rings. The van der Waals surface area contributed by atoms with E-state index in [1.165, 1.54) is 35.1 Å². The fourth-order valence-corrected chi connectivity index (χ4v) is 5.79. The van der Waals surface area contributed by atoms with Crippen molar-refractivity contribution in [3.05, 3.63) is 58.7 Å². The lowest BCUT2D eigenvalue weighted by Gasteiger charge is -2.43. The van der Waals surface area contributed by atoms with Crippen LogP contribution in [0.25, 0.3) is 11.1 Å². The number of fused-ring (bicyclic) bond motifs is 3. The molecule has 2 unspecified atom stereocenters. The summed E-state index contributed by atoms with van der Waals surface area (Å²) in [7, 11) is 0. The summed E-state index contributed by atoms with van der Waals surface area (Å²) in [5.41, 5.74) is 9.19. The van der Waals surface area contributed by atoms with Gasteiger partial charge in [-0.15, -0.1) is 0 Å². The van der Waals surface area contributed by atoms with Gasteiger partial charge in [0.25, 0.3) is 0 Å². The van der Waals surface area contributed by atoms with Gasteiger partial charge in [0.2, 0.25) is 0 Å². The van der Waals surface area contributed by atoms with E-state index in [1.54, 1.807) is 11.1 Å². The van der Waals surface area contributed by atoms with Crippen LogP contribution >= 0.6 is 45.2 Å². The third kappa shape index (κ3) is 2.99. The fraction of sp³-hybridized carbons (Fsp3) is 0.478. The number of alkyl halides is 2. The Morgan fingerprint density at radius 2 is 1.16 bits per heavy atom. The molecule has 0 amide bonds. The maximum atomic E-state index is 2.52. The standard InChI is InChI=1S/C23H28I2/c1-5-15(3)23(16(4)6-2)21-11-17(13-24)7-9-19(21)20-10-8-18(14-25)12-22(20)23/h7-12,15-16H,5-6,13-14H2,1-4H3. The molecule has 0 aliphatic heterocycles. The molecule has 25 heavy (non-hydrogen) atoms. The normalized spacial score (nSPS) is 17.0. The Hall–Kier alpha value is -0.100. The second-order valence-electron chi connectivity index (χ2n) is 7.51. The van der Waals surface area contributed by atoms with E-state index < -0.39 is 0 Å². The third-order valence-electron chi connectivity index (χ3n) is 6.44. The van der Waals surface area contributed by atoms with Crippen LogP contribution in [0.4, 0.5) is 0 Å². The van der Waals surface area contributed by atoms with Crippen molar-refractivity contribution in [3.63, 3.8) is 0 Å². The number of hydrogen-bond donors (Lipinski definition) is 0. The smallest absolute Gasteiger partial charge is 0.0266 e. The molecule has 0 spiro atoms. The zero-order valence-electron chi connectivity index (χ0n) is 15.7. The lowest BCUT2D eigenvalue weighted by molar-refractivity contribution is 0.235. The lowest BCUT2D eigenvalue weighted by atomic mass is 9.60. The minimum atomic E-state index is 0.151. The zero-order valence-corrected chi connectivity index (χ0v) is 20.0. The highest BCUT2D eigenvalue weighted by Crippen LogP contribution is 2.58. The van der Waals surface area contributed by atoms with Crippen LogP contribution in [0, 0.1) is 11.8 Å². The number of rotatable bonds is 6. The first-order valence-electron chi connectivity index (χ1n) is 9.43. The van der Waals surface area contributed by atoms with Crippen molar-refractivity contribution in [1.29, 1.82) is 0 Å². The fourth-order valence-electron chi connectivity index (χ4n) is 4.84. The summed E-state index contributed by atoms with van der Waals surface area (Å²) in [6.07, 6.45) is 2.43. The molecule has 0 radical (unpaired) electrons. The van der Waals surface area contributed by atoms with Crippen LogP contribution < -0.4 is 0 Å². The quantitative estimate of drug-likeness (QED) is 0.250. The van der Waals surface area contributed by atoms with Crippen molar-refractivity contribution < 1.29 is 0 Å². The van der Waals surface area contributed by atoms with Gasteiger partial charge in [0.1, 0.15) is 0 Å². The minimum Gasteiger partial charge on any atom is -0.0812 e. The van der Waals surface area contributed by atoms with Gasteiger partial charge in [0.05, 0.1) is 0 Å². The molecular weight excluding hydrogens is 530 g/mol. The highest BCUT2D eigenvalue weighted by Gasteiger charge is 2.49. The number of halogens is 2. The maximum absolute atomic E-state index is 2.52. The summed E-state index contributed by atoms with van der Waals surface area (Å²) in [5, 5.41) is 0. The number of benzene rings is 2. The Morgan fingerprint density at radius 3 is 1.48 bits per heavy atom. The lowest BCUT2D eigenvalue weighted by Crippen LogP contribution is -2.39. The van der Waals surface area contributed by atoms with E-state index in [1.807, 2.05) is 0 Å². The topological polar surface area (TPSA) is 0 Å². The molecule has 0 aromatic heterocycles. The predicted octanol–water partition coefficient (Wildman–Crippen LogP) is 7.92. The van der Waals surface area contributed by atoms with Crippen LogP contribution in [0.5, 0.6) is 0 Å². The number of hydrogen-bond acceptors (Lipinski definition) is 0. The van der Waals surface area contributed by atoms with E-state index in [2.05, 4.69) is 109 Å². The Morgan fingerprint density at radius 1 is 0.760 bits per heavy atom. The van der Waals surface area contributed by atoms with Crippen LogP contribution in [-0.4, -0.2) is 0 Å². The minimum absolute atomic E-state index is 0.151. The molecule has 3 rings (SSSR count). The van der Waals surface area contributed by atoms with Gasteiger partial charge in [0, 0.05) is 14.3 Å². The first-order chi connectivity index (χ1) is 12.0. The SMILES string of the molecule is CCC(C)C1(C(C)CC)c2cc(CI)ccc2-c2ccc(CI)cc21. The first kappa shape index (κ1) is 19.7. The largest absolute Gasteiger partial charge is 0.0812 e. The van der Waals surface area contributed by atoms with E-state index >= 15 is 0 Å². The second-order valence-corrected chi connectivity index (χ2v) is 9.04. The molecule has 1 aliphatic rings. The Labute approximate surface area is 180 Å². The Balaban J connectivity index is 2.39. The Kier molecular flexibility index (Phi) is 6.19. The molecule has 0 saturated heterocycles. The Bertz CT molecular complexity index is 697. The molecule has 0 N–H and O–H groups in total. The van der Waals surface area contributed by atoms with Crippen LogP contribution in [0.2, 0.25) is 0 Å². The average molecular weight is 558 g/mol. The van der Waals surface area contributed by atoms with Crippen molar-refractivity contribution in [2.24, 2.45) is 11.8 Å². The van der Waals surface area contributed by atoms with Crippen molar-refractivity contribution in [2.75, 3.05) is 0 Å². The molecule has 134 valence electrons. The average Bonchev–Trinajstić information content (AvgIpc) is 2.96. The first-order valence-corrected chi connectivity index (χ1v) is 12.5. The van der Waals surface area contributed by atoms with Gasteiger partial charge in [-0.2, -0.15) is 0 Å². The molecule has 0 bridgehead atoms. The summed E-state index contributed by atoms with van der Waals surface area (Å²) in [4.78, 5) is 0.